The summed E-state index contributed by atoms with van der Waals surface area (Å²) in [6, 6.07) is 6.21. The number of methoxy groups -OCH3 is 1. The molecule has 2 aromatic carbocycles. The number of hydrazone groups is 1. The number of urea groups is 1. The monoisotopic (exact) mass is 557 g/mol. The third kappa shape index (κ3) is 6.15. The molecule has 0 spiro atoms. The number of nitro groups is 1. The van der Waals surface area contributed by atoms with Crippen LogP contribution in [0, 0.1) is 10.1 Å². The van der Waals surface area contributed by atoms with Crippen LogP contribution in [-0.2, 0) is 9.53 Å². The number of nitrogens with zero attached hydrogens (tertiary/aromatic N) is 2. The molecule has 2 aliphatic rings. The van der Waals surface area contributed by atoms with E-state index in [0.29, 0.717) is 22.8 Å². The van der Waals surface area contributed by atoms with Gasteiger partial charge in [0, 0.05) is 5.70 Å². The quantitative estimate of drug-likeness (QED) is 0.104. The summed E-state index contributed by atoms with van der Waals surface area (Å²) in [5, 5.41) is 30.8. The van der Waals surface area contributed by atoms with Gasteiger partial charge in [-0.15, -0.1) is 0 Å². The Morgan fingerprint density at radius 1 is 1.27 bits per heavy atom. The number of hydrogen-bond acceptors (Lipinski definition) is 12. The Morgan fingerprint density at radius 2 is 2.02 bits per heavy atom. The zero-order valence-electron chi connectivity index (χ0n) is 21.8. The van der Waals surface area contributed by atoms with Gasteiger partial charge in [-0.2, -0.15) is 5.10 Å². The Bertz CT molecular complexity index is 1380. The topological polar surface area (TPSA) is 192 Å². The van der Waals surface area contributed by atoms with Gasteiger partial charge in [-0.1, -0.05) is 6.07 Å². The highest BCUT2D eigenvalue weighted by Gasteiger charge is 2.32. The minimum absolute atomic E-state index is 0.0403. The molecule has 4 N–H and O–H groups in total. The van der Waals surface area contributed by atoms with Crippen LogP contribution in [0.1, 0.15) is 31.0 Å². The number of ether oxygens (including phenoxy) is 5. The average molecular weight is 558 g/mol. The van der Waals surface area contributed by atoms with Crippen molar-refractivity contribution in [2.75, 3.05) is 27.1 Å². The van der Waals surface area contributed by atoms with Crippen molar-refractivity contribution in [3.8, 4) is 23.0 Å². The highest BCUT2D eigenvalue weighted by atomic mass is 16.7. The number of allylic oxidation sites excluding steroid dienone is 1. The number of nitrogens with one attached hydrogen (secondary N) is 3. The van der Waals surface area contributed by atoms with E-state index in [1.54, 1.807) is 32.0 Å². The third-order valence-corrected chi connectivity index (χ3v) is 5.82. The molecule has 212 valence electrons. The maximum Gasteiger partial charge on any atom is 0.337 e. The second kappa shape index (κ2) is 12.2. The number of fused-ring (bicyclic) bond motifs is 1. The first kappa shape index (κ1) is 28.0. The van der Waals surface area contributed by atoms with Crippen LogP contribution in [0.15, 0.2) is 46.7 Å². The Morgan fingerprint density at radius 3 is 2.73 bits per heavy atom. The first-order chi connectivity index (χ1) is 19.2. The Kier molecular flexibility index (Phi) is 8.54. The molecule has 0 saturated heterocycles. The van der Waals surface area contributed by atoms with Crippen molar-refractivity contribution in [1.29, 1.82) is 0 Å². The van der Waals surface area contributed by atoms with E-state index in [0.717, 1.165) is 0 Å². The van der Waals surface area contributed by atoms with Crippen LogP contribution in [0.2, 0.25) is 0 Å². The Balaban J connectivity index is 1.45. The van der Waals surface area contributed by atoms with Crippen molar-refractivity contribution in [3.63, 3.8) is 0 Å². The summed E-state index contributed by atoms with van der Waals surface area (Å²) in [4.78, 5) is 35.3. The Labute approximate surface area is 227 Å². The van der Waals surface area contributed by atoms with Gasteiger partial charge in [0.05, 0.1) is 48.1 Å². The number of carbonyl (C=O) groups is 2. The lowest BCUT2D eigenvalue weighted by atomic mass is 9.95. The van der Waals surface area contributed by atoms with Crippen LogP contribution in [0.25, 0.3) is 0 Å². The van der Waals surface area contributed by atoms with E-state index in [9.17, 15) is 24.8 Å². The molecule has 0 radical (unpaired) electrons. The van der Waals surface area contributed by atoms with Gasteiger partial charge in [-0.25, -0.2) is 9.59 Å². The maximum absolute atomic E-state index is 12.4. The number of aliphatic hydroxyl groups excluding tert-OH is 1. The molecule has 0 aliphatic carbocycles. The summed E-state index contributed by atoms with van der Waals surface area (Å²) in [5.74, 6) is 0.589. The molecular formula is C25H27N5O10. The zero-order valence-corrected chi connectivity index (χ0v) is 21.8. The van der Waals surface area contributed by atoms with Gasteiger partial charge >= 0.3 is 12.0 Å². The highest BCUT2D eigenvalue weighted by Crippen LogP contribution is 2.37. The van der Waals surface area contributed by atoms with Gasteiger partial charge in [-0.05, 0) is 37.6 Å². The van der Waals surface area contributed by atoms with E-state index in [1.807, 2.05) is 0 Å². The fourth-order valence-corrected chi connectivity index (χ4v) is 4.02. The van der Waals surface area contributed by atoms with Gasteiger partial charge in [0.25, 0.3) is 5.69 Å². The average Bonchev–Trinajstić information content (AvgIpc) is 3.38. The molecule has 2 aromatic rings. The summed E-state index contributed by atoms with van der Waals surface area (Å²) < 4.78 is 26.7. The third-order valence-electron chi connectivity index (χ3n) is 5.82. The fourth-order valence-electron chi connectivity index (χ4n) is 4.02. The second-order valence-electron chi connectivity index (χ2n) is 8.44. The molecule has 0 bridgehead atoms. The predicted octanol–water partition coefficient (Wildman–Crippen LogP) is 1.84. The Hall–Kier alpha value is -5.05. The summed E-state index contributed by atoms with van der Waals surface area (Å²) in [7, 11) is 1.25. The molecule has 4 rings (SSSR count). The molecule has 0 fully saturated rings. The number of carbonyl (C=O) groups excluding carboxylic acids is 2. The van der Waals surface area contributed by atoms with E-state index in [-0.39, 0.29) is 48.3 Å². The fraction of sp³-hybridized carbons (Fsp3) is 0.320. The van der Waals surface area contributed by atoms with Crippen molar-refractivity contribution in [2.24, 2.45) is 5.10 Å². The van der Waals surface area contributed by atoms with Crippen LogP contribution in [0.5, 0.6) is 23.0 Å². The summed E-state index contributed by atoms with van der Waals surface area (Å²) in [6.45, 7) is 3.35. The van der Waals surface area contributed by atoms with Crippen molar-refractivity contribution < 1.29 is 43.3 Å². The van der Waals surface area contributed by atoms with Crippen LogP contribution in [-0.4, -0.2) is 61.6 Å². The van der Waals surface area contributed by atoms with Crippen molar-refractivity contribution in [3.05, 3.63) is 62.8 Å². The standard InChI is InChI=1S/C25H27N5O10/c1-4-37-18-7-14(23-22(24(32)36-3)13(2)27-25(33)28-23)5-6-17(18)38-11-21(31)29-26-10-15-8-19-20(40-12-39-19)9-16(15)30(34)35/h5-10,21,23,29,31H,4,11-12H2,1-3H3,(H2,27,28,33)/b26-10+/t21-,23+/m1/s1. The lowest BCUT2D eigenvalue weighted by molar-refractivity contribution is -0.385. The normalized spacial score (nSPS) is 16.7. The van der Waals surface area contributed by atoms with E-state index >= 15 is 0 Å². The molecule has 40 heavy (non-hydrogen) atoms. The zero-order chi connectivity index (χ0) is 28.8. The van der Waals surface area contributed by atoms with Gasteiger partial charge < -0.3 is 39.4 Å². The van der Waals surface area contributed by atoms with Crippen LogP contribution >= 0.6 is 0 Å². The van der Waals surface area contributed by atoms with E-state index in [1.165, 1.54) is 25.5 Å². The second-order valence-corrected chi connectivity index (χ2v) is 8.44. The van der Waals surface area contributed by atoms with Crippen LogP contribution < -0.4 is 35.0 Å². The number of esters is 1. The molecule has 15 heteroatoms. The lowest BCUT2D eigenvalue weighted by Crippen LogP contribution is -2.45. The summed E-state index contributed by atoms with van der Waals surface area (Å²) >= 11 is 0. The SMILES string of the molecule is CCOc1cc([C@@H]2NC(=O)NC(C)=C2C(=O)OC)ccc1OC[C@@H](O)N/N=C/c1cc2c(cc1[N+](=O)[O-])OCO2. The molecule has 0 unspecified atom stereocenters. The van der Waals surface area contributed by atoms with Crippen LogP contribution in [0.4, 0.5) is 10.5 Å². The largest absolute Gasteiger partial charge is 0.490 e. The molecule has 15 nitrogen and oxygen atoms in total. The number of aliphatic hydroxyl groups is 1. The van der Waals surface area contributed by atoms with E-state index in [2.05, 4.69) is 21.2 Å². The number of rotatable bonds is 11. The van der Waals surface area contributed by atoms with E-state index in [4.69, 9.17) is 23.7 Å². The summed E-state index contributed by atoms with van der Waals surface area (Å²) in [6.07, 6.45) is -0.121. The molecule has 0 aromatic heterocycles. The smallest absolute Gasteiger partial charge is 0.337 e. The van der Waals surface area contributed by atoms with Gasteiger partial charge in [0.15, 0.2) is 29.2 Å². The number of amides is 2. The van der Waals surface area contributed by atoms with Crippen molar-refractivity contribution in [2.45, 2.75) is 26.1 Å². The van der Waals surface area contributed by atoms with E-state index < -0.39 is 29.2 Å². The first-order valence-electron chi connectivity index (χ1n) is 12.0. The highest BCUT2D eigenvalue weighted by molar-refractivity contribution is 5.95. The van der Waals surface area contributed by atoms with Gasteiger partial charge in [0.1, 0.15) is 6.61 Å². The predicted molar refractivity (Wildman–Crippen MR) is 138 cm³/mol. The minimum atomic E-state index is -1.29. The number of hydrogen-bond donors (Lipinski definition) is 4. The minimum Gasteiger partial charge on any atom is -0.490 e. The molecule has 2 heterocycles. The van der Waals surface area contributed by atoms with Crippen molar-refractivity contribution in [1.82, 2.24) is 16.1 Å². The molecule has 0 saturated carbocycles. The molecule has 2 aliphatic heterocycles. The van der Waals surface area contributed by atoms with Gasteiger partial charge in [0.2, 0.25) is 6.79 Å². The number of nitro benzene ring substituents is 1. The first-order valence-corrected chi connectivity index (χ1v) is 12.0. The number of benzene rings is 2. The summed E-state index contributed by atoms with van der Waals surface area (Å²) in [5.41, 5.74) is 3.47. The van der Waals surface area contributed by atoms with Gasteiger partial charge in [-0.3, -0.25) is 15.5 Å². The maximum atomic E-state index is 12.4. The molecule has 2 amide bonds. The lowest BCUT2D eigenvalue weighted by Gasteiger charge is -2.28. The molecule has 2 atom stereocenters. The molecular weight excluding hydrogens is 530 g/mol. The van der Waals surface area contributed by atoms with Crippen LogP contribution in [0.3, 0.4) is 0 Å². The van der Waals surface area contributed by atoms with Crippen molar-refractivity contribution >= 4 is 23.9 Å².